The smallest absolute Gasteiger partial charge is 0.322 e. The molecular weight excluding hydrogens is 262 g/mol. The van der Waals surface area contributed by atoms with Crippen LogP contribution in [0, 0.1) is 5.92 Å². The van der Waals surface area contributed by atoms with E-state index in [0.29, 0.717) is 12.2 Å². The van der Waals surface area contributed by atoms with Gasteiger partial charge in [0, 0.05) is 5.75 Å². The summed E-state index contributed by atoms with van der Waals surface area (Å²) in [6.07, 6.45) is 0.501. The van der Waals surface area contributed by atoms with Crippen LogP contribution in [0.15, 0.2) is 0 Å². The monoisotopic (exact) mass is 281 g/mol. The van der Waals surface area contributed by atoms with E-state index in [1.165, 1.54) is 16.1 Å². The van der Waals surface area contributed by atoms with Gasteiger partial charge in [-0.2, -0.15) is 4.31 Å². The Morgan fingerprint density at radius 3 is 2.53 bits per heavy atom. The zero-order valence-corrected chi connectivity index (χ0v) is 11.9. The topological polar surface area (TPSA) is 74.7 Å². The molecule has 0 bridgehead atoms. The van der Waals surface area contributed by atoms with Gasteiger partial charge in [-0.3, -0.25) is 4.79 Å². The van der Waals surface area contributed by atoms with E-state index >= 15 is 0 Å². The van der Waals surface area contributed by atoms with E-state index in [9.17, 15) is 13.2 Å². The molecule has 0 radical (unpaired) electrons. The van der Waals surface area contributed by atoms with Crippen molar-refractivity contribution >= 4 is 27.8 Å². The van der Waals surface area contributed by atoms with Crippen molar-refractivity contribution in [3.63, 3.8) is 0 Å². The molecule has 0 aromatic carbocycles. The first-order valence-electron chi connectivity index (χ1n) is 5.67. The molecule has 7 heteroatoms. The van der Waals surface area contributed by atoms with E-state index in [1.54, 1.807) is 6.92 Å². The third-order valence-electron chi connectivity index (χ3n) is 2.62. The Balaban J connectivity index is 3.05. The molecule has 0 aliphatic carbocycles. The summed E-state index contributed by atoms with van der Waals surface area (Å²) in [4.78, 5) is 11.1. The quantitative estimate of drug-likeness (QED) is 0.820. The Kier molecular flexibility index (Phi) is 4.86. The van der Waals surface area contributed by atoms with E-state index in [1.807, 2.05) is 13.8 Å². The van der Waals surface area contributed by atoms with Gasteiger partial charge >= 0.3 is 5.97 Å². The fourth-order valence-electron chi connectivity index (χ4n) is 1.90. The third kappa shape index (κ3) is 3.14. The highest BCUT2D eigenvalue weighted by Crippen LogP contribution is 2.36. The molecule has 1 heterocycles. The van der Waals surface area contributed by atoms with Crippen molar-refractivity contribution in [2.75, 3.05) is 11.5 Å². The van der Waals surface area contributed by atoms with Crippen LogP contribution in [0.5, 0.6) is 0 Å². The second-order valence-corrected chi connectivity index (χ2v) is 7.61. The summed E-state index contributed by atoms with van der Waals surface area (Å²) in [6.45, 7) is 5.60. The minimum atomic E-state index is -3.47. The molecule has 1 fully saturated rings. The van der Waals surface area contributed by atoms with E-state index < -0.39 is 22.0 Å². The normalized spacial score (nSPS) is 26.6. The molecule has 0 aromatic rings. The molecule has 0 aromatic heterocycles. The van der Waals surface area contributed by atoms with E-state index in [4.69, 9.17) is 5.11 Å². The van der Waals surface area contributed by atoms with Gasteiger partial charge in [-0.15, -0.1) is 11.8 Å². The lowest BCUT2D eigenvalue weighted by atomic mass is 10.2. The minimum absolute atomic E-state index is 0.0144. The van der Waals surface area contributed by atoms with Gasteiger partial charge in [-0.05, 0) is 12.3 Å². The number of carboxylic acid groups (broad SMARTS) is 1. The van der Waals surface area contributed by atoms with E-state index in [0.717, 1.165) is 0 Å². The standard InChI is InChI=1S/C10H19NO4S2/c1-4-5-17(14,15)11-8(10(12)13)6-16-9(11)7(2)3/h7-9H,4-6H2,1-3H3,(H,12,13). The van der Waals surface area contributed by atoms with Crippen molar-refractivity contribution in [3.05, 3.63) is 0 Å². The van der Waals surface area contributed by atoms with Crippen LogP contribution in [0.25, 0.3) is 0 Å². The summed E-state index contributed by atoms with van der Waals surface area (Å²) < 4.78 is 25.4. The maximum atomic E-state index is 12.1. The highest BCUT2D eigenvalue weighted by Gasteiger charge is 2.46. The number of carbonyl (C=O) groups is 1. The lowest BCUT2D eigenvalue weighted by Gasteiger charge is -2.28. The number of carboxylic acids is 1. The summed E-state index contributed by atoms with van der Waals surface area (Å²) in [5.74, 6) is -0.599. The van der Waals surface area contributed by atoms with Crippen molar-refractivity contribution < 1.29 is 18.3 Å². The van der Waals surface area contributed by atoms with Crippen LogP contribution in [0.4, 0.5) is 0 Å². The van der Waals surface area contributed by atoms with Gasteiger partial charge in [0.25, 0.3) is 0 Å². The first-order chi connectivity index (χ1) is 7.81. The van der Waals surface area contributed by atoms with Gasteiger partial charge in [-0.25, -0.2) is 8.42 Å². The molecule has 5 nitrogen and oxygen atoms in total. The Morgan fingerprint density at radius 2 is 2.12 bits per heavy atom. The van der Waals surface area contributed by atoms with Crippen LogP contribution >= 0.6 is 11.8 Å². The number of thioether (sulfide) groups is 1. The molecule has 2 atom stereocenters. The lowest BCUT2D eigenvalue weighted by Crippen LogP contribution is -2.47. The van der Waals surface area contributed by atoms with Gasteiger partial charge in [0.05, 0.1) is 11.1 Å². The number of sulfonamides is 1. The molecular formula is C10H19NO4S2. The Labute approximate surface area is 107 Å². The summed E-state index contributed by atoms with van der Waals surface area (Å²) in [6, 6.07) is -0.913. The number of hydrogen-bond donors (Lipinski definition) is 1. The van der Waals surface area contributed by atoms with Crippen molar-refractivity contribution in [2.24, 2.45) is 5.92 Å². The summed E-state index contributed by atoms with van der Waals surface area (Å²) in [5, 5.41) is 8.84. The summed E-state index contributed by atoms with van der Waals surface area (Å²) in [5.41, 5.74) is 0. The number of rotatable bonds is 5. The molecule has 17 heavy (non-hydrogen) atoms. The van der Waals surface area contributed by atoms with E-state index in [-0.39, 0.29) is 17.0 Å². The van der Waals surface area contributed by atoms with Gasteiger partial charge < -0.3 is 5.11 Å². The molecule has 100 valence electrons. The number of hydrogen-bond acceptors (Lipinski definition) is 4. The molecule has 1 N–H and O–H groups in total. The first kappa shape index (κ1) is 14.8. The average Bonchev–Trinajstić information content (AvgIpc) is 2.61. The van der Waals surface area contributed by atoms with Crippen LogP contribution in [0.1, 0.15) is 27.2 Å². The van der Waals surface area contributed by atoms with Crippen LogP contribution < -0.4 is 0 Å². The fourth-order valence-corrected chi connectivity index (χ4v) is 5.77. The minimum Gasteiger partial charge on any atom is -0.480 e. The molecule has 1 rings (SSSR count). The molecule has 0 saturated carbocycles. The number of nitrogens with zero attached hydrogens (tertiary/aromatic N) is 1. The van der Waals surface area contributed by atoms with Crippen LogP contribution in [-0.4, -0.2) is 46.7 Å². The summed E-state index contributed by atoms with van der Waals surface area (Å²) >= 11 is 1.41. The molecule has 1 aliphatic rings. The Morgan fingerprint density at radius 1 is 1.53 bits per heavy atom. The predicted octanol–water partition coefficient (Wildman–Crippen LogP) is 1.21. The van der Waals surface area contributed by atoms with Gasteiger partial charge in [0.15, 0.2) is 0 Å². The third-order valence-corrected chi connectivity index (χ3v) is 6.42. The maximum absolute atomic E-state index is 12.1. The number of aliphatic carboxylic acids is 1. The largest absolute Gasteiger partial charge is 0.480 e. The first-order valence-corrected chi connectivity index (χ1v) is 8.32. The zero-order valence-electron chi connectivity index (χ0n) is 10.3. The Hall–Kier alpha value is -0.270. The summed E-state index contributed by atoms with van der Waals surface area (Å²) in [7, 11) is -3.47. The predicted molar refractivity (Wildman–Crippen MR) is 68.4 cm³/mol. The zero-order chi connectivity index (χ0) is 13.2. The highest BCUT2D eigenvalue weighted by atomic mass is 32.2. The second kappa shape index (κ2) is 5.58. The average molecular weight is 281 g/mol. The van der Waals surface area contributed by atoms with Crippen LogP contribution in [0.2, 0.25) is 0 Å². The van der Waals surface area contributed by atoms with Gasteiger partial charge in [0.1, 0.15) is 6.04 Å². The van der Waals surface area contributed by atoms with Crippen molar-refractivity contribution in [3.8, 4) is 0 Å². The fraction of sp³-hybridized carbons (Fsp3) is 0.900. The van der Waals surface area contributed by atoms with E-state index in [2.05, 4.69) is 0 Å². The molecule has 0 amide bonds. The second-order valence-electron chi connectivity index (χ2n) is 4.47. The highest BCUT2D eigenvalue weighted by molar-refractivity contribution is 8.01. The molecule has 1 aliphatic heterocycles. The van der Waals surface area contributed by atoms with Gasteiger partial charge in [0.2, 0.25) is 10.0 Å². The Bertz CT molecular complexity index is 380. The molecule has 1 saturated heterocycles. The molecule has 0 spiro atoms. The lowest BCUT2D eigenvalue weighted by molar-refractivity contribution is -0.140. The van der Waals surface area contributed by atoms with Crippen LogP contribution in [0.3, 0.4) is 0 Å². The van der Waals surface area contributed by atoms with Gasteiger partial charge in [-0.1, -0.05) is 20.8 Å². The van der Waals surface area contributed by atoms with Crippen molar-refractivity contribution in [2.45, 2.75) is 38.6 Å². The maximum Gasteiger partial charge on any atom is 0.322 e. The van der Waals surface area contributed by atoms with Crippen molar-refractivity contribution in [1.82, 2.24) is 4.31 Å². The van der Waals surface area contributed by atoms with Crippen molar-refractivity contribution in [1.29, 1.82) is 0 Å². The SMILES string of the molecule is CCCS(=O)(=O)N1C(C(=O)O)CSC1C(C)C. The van der Waals surface area contributed by atoms with Crippen LogP contribution in [-0.2, 0) is 14.8 Å². The molecule has 2 unspecified atom stereocenters.